The molecule has 0 aliphatic heterocycles. The van der Waals surface area contributed by atoms with Crippen molar-refractivity contribution in [3.63, 3.8) is 0 Å². The van der Waals surface area contributed by atoms with Crippen LogP contribution < -0.4 is 5.73 Å². The number of carbonyl (C=O) groups is 4. The Morgan fingerprint density at radius 2 is 1.06 bits per heavy atom. The second kappa shape index (κ2) is 7.13. The molecular weight excluding hydrogens is 472 g/mol. The number of nitrogens with zero attached hydrogens (tertiary/aromatic N) is 1. The molecule has 0 bridgehead atoms. The summed E-state index contributed by atoms with van der Waals surface area (Å²) in [7, 11) is 0. The lowest BCUT2D eigenvalue weighted by atomic mass is 9.82. The van der Waals surface area contributed by atoms with Gasteiger partial charge >= 0.3 is 0 Å². The number of thiazole rings is 1. The van der Waals surface area contributed by atoms with Crippen molar-refractivity contribution in [2.75, 3.05) is 5.73 Å². The average molecular weight is 487 g/mol. The van der Waals surface area contributed by atoms with Gasteiger partial charge in [0.05, 0.1) is 21.5 Å². The lowest BCUT2D eigenvalue weighted by Crippen LogP contribution is -2.22. The Bertz CT molecular complexity index is 1810. The molecule has 0 atom stereocenters. The van der Waals surface area contributed by atoms with E-state index in [4.69, 9.17) is 5.73 Å². The van der Waals surface area contributed by atoms with E-state index in [9.17, 15) is 19.2 Å². The lowest BCUT2D eigenvalue weighted by molar-refractivity contribution is 0.0979. The predicted octanol–water partition coefficient (Wildman–Crippen LogP) is 5.10. The van der Waals surface area contributed by atoms with E-state index in [1.165, 1.54) is 11.3 Å². The highest BCUT2D eigenvalue weighted by Crippen LogP contribution is 2.40. The molecule has 7 heteroatoms. The zero-order valence-electron chi connectivity index (χ0n) is 18.5. The summed E-state index contributed by atoms with van der Waals surface area (Å²) in [6.07, 6.45) is 0. The van der Waals surface area contributed by atoms with Crippen molar-refractivity contribution in [3.8, 4) is 10.6 Å². The topological polar surface area (TPSA) is 107 Å². The zero-order valence-corrected chi connectivity index (χ0v) is 19.3. The van der Waals surface area contributed by atoms with E-state index in [1.54, 1.807) is 72.8 Å². The maximum atomic E-state index is 13.3. The van der Waals surface area contributed by atoms with Crippen molar-refractivity contribution >= 4 is 50.4 Å². The summed E-state index contributed by atoms with van der Waals surface area (Å²) < 4.78 is 0.717. The summed E-state index contributed by atoms with van der Waals surface area (Å²) in [5, 5.41) is 0.532. The Labute approximate surface area is 208 Å². The SMILES string of the molecule is Nc1c(-c2nc3cc4c(cc3s2)C(=O)c2ccccc2C4=O)ccc2c1C(=O)c1ccccc1C2=O. The summed E-state index contributed by atoms with van der Waals surface area (Å²) in [6, 6.07) is 20.1. The van der Waals surface area contributed by atoms with Gasteiger partial charge in [-0.2, -0.15) is 0 Å². The number of fused-ring (bicyclic) bond motifs is 5. The second-order valence-electron chi connectivity index (χ2n) is 8.74. The Morgan fingerprint density at radius 1 is 0.556 bits per heavy atom. The Balaban J connectivity index is 1.39. The van der Waals surface area contributed by atoms with Crippen molar-refractivity contribution in [1.82, 2.24) is 4.98 Å². The minimum absolute atomic E-state index is 0.176. The number of benzene rings is 4. The number of nitrogen functional groups attached to an aromatic ring is 1. The number of nitrogens with two attached hydrogens (primary N) is 1. The molecule has 5 aromatic rings. The van der Waals surface area contributed by atoms with Gasteiger partial charge in [-0.15, -0.1) is 11.3 Å². The predicted molar refractivity (Wildman–Crippen MR) is 136 cm³/mol. The highest BCUT2D eigenvalue weighted by Gasteiger charge is 2.33. The van der Waals surface area contributed by atoms with Gasteiger partial charge in [0.1, 0.15) is 5.01 Å². The van der Waals surface area contributed by atoms with Gasteiger partial charge in [-0.1, -0.05) is 48.5 Å². The van der Waals surface area contributed by atoms with Crippen molar-refractivity contribution in [3.05, 3.63) is 117 Å². The van der Waals surface area contributed by atoms with Gasteiger partial charge in [0.15, 0.2) is 23.1 Å². The third kappa shape index (κ3) is 2.63. The van der Waals surface area contributed by atoms with E-state index in [0.717, 1.165) is 0 Å². The lowest BCUT2D eigenvalue weighted by Gasteiger charge is -2.20. The third-order valence-electron chi connectivity index (χ3n) is 6.80. The monoisotopic (exact) mass is 486 g/mol. The maximum Gasteiger partial charge on any atom is 0.196 e. The van der Waals surface area contributed by atoms with E-state index in [1.807, 2.05) is 0 Å². The van der Waals surface area contributed by atoms with Gasteiger partial charge in [0.25, 0.3) is 0 Å². The molecule has 0 spiro atoms. The first-order valence-electron chi connectivity index (χ1n) is 11.2. The minimum atomic E-state index is -0.301. The molecule has 36 heavy (non-hydrogen) atoms. The molecule has 7 rings (SSSR count). The van der Waals surface area contributed by atoms with Crippen LogP contribution in [0.15, 0.2) is 72.8 Å². The first kappa shape index (κ1) is 20.6. The van der Waals surface area contributed by atoms with Crippen molar-refractivity contribution in [2.24, 2.45) is 0 Å². The van der Waals surface area contributed by atoms with Gasteiger partial charge in [-0.05, 0) is 24.3 Å². The highest BCUT2D eigenvalue weighted by molar-refractivity contribution is 7.21. The summed E-state index contributed by atoms with van der Waals surface area (Å²) in [4.78, 5) is 57.1. The maximum absolute atomic E-state index is 13.3. The number of carbonyl (C=O) groups excluding carboxylic acids is 4. The first-order valence-corrected chi connectivity index (χ1v) is 12.0. The molecule has 2 N–H and O–H groups in total. The van der Waals surface area contributed by atoms with Crippen LogP contribution in [0.2, 0.25) is 0 Å². The quantitative estimate of drug-likeness (QED) is 0.324. The van der Waals surface area contributed by atoms with E-state index >= 15 is 0 Å². The number of aromatic nitrogens is 1. The molecule has 2 aliphatic rings. The summed E-state index contributed by atoms with van der Waals surface area (Å²) >= 11 is 1.31. The number of rotatable bonds is 1. The van der Waals surface area contributed by atoms with E-state index in [-0.39, 0.29) is 39.9 Å². The number of hydrogen-bond acceptors (Lipinski definition) is 7. The van der Waals surface area contributed by atoms with Crippen LogP contribution in [0.25, 0.3) is 20.8 Å². The Kier molecular flexibility index (Phi) is 4.08. The van der Waals surface area contributed by atoms with Crippen LogP contribution in [0, 0.1) is 0 Å². The number of ketones is 4. The Morgan fingerprint density at radius 3 is 1.67 bits per heavy atom. The molecule has 0 fully saturated rings. The van der Waals surface area contributed by atoms with Crippen LogP contribution in [0.1, 0.15) is 63.7 Å². The van der Waals surface area contributed by atoms with E-state index < -0.39 is 0 Å². The second-order valence-corrected chi connectivity index (χ2v) is 9.77. The fourth-order valence-corrected chi connectivity index (χ4v) is 6.06. The molecular formula is C29H14N2O4S. The van der Waals surface area contributed by atoms with Crippen LogP contribution in [0.5, 0.6) is 0 Å². The molecule has 170 valence electrons. The molecule has 1 heterocycles. The molecule has 0 unspecified atom stereocenters. The molecule has 0 saturated carbocycles. The van der Waals surface area contributed by atoms with Crippen LogP contribution in [0.3, 0.4) is 0 Å². The average Bonchev–Trinajstić information content (AvgIpc) is 3.32. The summed E-state index contributed by atoms with van der Waals surface area (Å²) in [5.74, 6) is -0.960. The zero-order chi connectivity index (χ0) is 24.7. The van der Waals surface area contributed by atoms with Crippen molar-refractivity contribution < 1.29 is 19.2 Å². The van der Waals surface area contributed by atoms with Gasteiger partial charge in [0, 0.05) is 44.5 Å². The third-order valence-corrected chi connectivity index (χ3v) is 7.85. The van der Waals surface area contributed by atoms with Gasteiger partial charge in [-0.3, -0.25) is 19.2 Å². The van der Waals surface area contributed by atoms with Crippen LogP contribution in [-0.4, -0.2) is 28.1 Å². The molecule has 0 saturated heterocycles. The molecule has 0 radical (unpaired) electrons. The minimum Gasteiger partial charge on any atom is -0.398 e. The molecule has 4 aromatic carbocycles. The fourth-order valence-electron chi connectivity index (χ4n) is 5.03. The number of hydrogen-bond donors (Lipinski definition) is 1. The van der Waals surface area contributed by atoms with Crippen molar-refractivity contribution in [2.45, 2.75) is 0 Å². The van der Waals surface area contributed by atoms with E-state index in [2.05, 4.69) is 4.98 Å². The first-order chi connectivity index (χ1) is 17.4. The molecule has 0 amide bonds. The Hall–Kier alpha value is -4.75. The highest BCUT2D eigenvalue weighted by atomic mass is 32.1. The molecule has 1 aromatic heterocycles. The van der Waals surface area contributed by atoms with Gasteiger partial charge in [0.2, 0.25) is 0 Å². The number of anilines is 1. The van der Waals surface area contributed by atoms with E-state index in [0.29, 0.717) is 54.2 Å². The molecule has 2 aliphatic carbocycles. The normalized spacial score (nSPS) is 13.9. The summed E-state index contributed by atoms with van der Waals surface area (Å²) in [6.45, 7) is 0. The summed E-state index contributed by atoms with van der Waals surface area (Å²) in [5.41, 5.74) is 10.3. The van der Waals surface area contributed by atoms with Crippen LogP contribution >= 0.6 is 11.3 Å². The van der Waals surface area contributed by atoms with Gasteiger partial charge in [-0.25, -0.2) is 4.98 Å². The van der Waals surface area contributed by atoms with Gasteiger partial charge < -0.3 is 5.73 Å². The van der Waals surface area contributed by atoms with Crippen LogP contribution in [0.4, 0.5) is 5.69 Å². The molecule has 6 nitrogen and oxygen atoms in total. The smallest absolute Gasteiger partial charge is 0.196 e. The van der Waals surface area contributed by atoms with Crippen LogP contribution in [-0.2, 0) is 0 Å². The fraction of sp³-hybridized carbons (Fsp3) is 0. The standard InChI is InChI=1S/C29H14N2O4S/c30-24-18(10-9-17-23(24)28(35)16-8-4-3-7-15(16)25(17)32)29-31-21-11-19-20(12-22(21)36-29)27(34)14-6-2-1-5-13(14)26(19)33/h1-12H,30H2. The largest absolute Gasteiger partial charge is 0.398 e. The van der Waals surface area contributed by atoms with Crippen molar-refractivity contribution in [1.29, 1.82) is 0 Å².